The smallest absolute Gasteiger partial charge is 0.184 e. The molecule has 1 rings (SSSR count). The third kappa shape index (κ3) is 4.42. The molecule has 1 fully saturated rings. The summed E-state index contributed by atoms with van der Waals surface area (Å²) in [5.74, 6) is 0.541. The minimum atomic E-state index is -1.60. The normalized spacial score (nSPS) is 27.2. The van der Waals surface area contributed by atoms with Crippen LogP contribution in [0.1, 0.15) is 39.0 Å². The van der Waals surface area contributed by atoms with E-state index in [2.05, 4.69) is 33.1 Å². The third-order valence-corrected chi connectivity index (χ3v) is 5.22. The van der Waals surface area contributed by atoms with Crippen molar-refractivity contribution in [1.82, 2.24) is 0 Å². The summed E-state index contributed by atoms with van der Waals surface area (Å²) in [5, 5.41) is 0. The van der Waals surface area contributed by atoms with Crippen molar-refractivity contribution >= 4 is 8.32 Å². The van der Waals surface area contributed by atoms with Crippen molar-refractivity contribution in [2.75, 3.05) is 14.2 Å². The Bertz CT molecular complexity index is 320. The Morgan fingerprint density at radius 3 is 2.35 bits per heavy atom. The van der Waals surface area contributed by atoms with E-state index in [9.17, 15) is 0 Å². The summed E-state index contributed by atoms with van der Waals surface area (Å²) in [6.45, 7) is 13.2. The van der Waals surface area contributed by atoms with E-state index < -0.39 is 8.32 Å². The van der Waals surface area contributed by atoms with E-state index in [1.165, 1.54) is 18.4 Å². The molecule has 0 bridgehead atoms. The van der Waals surface area contributed by atoms with Gasteiger partial charge in [-0.15, -0.1) is 0 Å². The highest BCUT2D eigenvalue weighted by molar-refractivity contribution is 6.69. The van der Waals surface area contributed by atoms with Crippen molar-refractivity contribution in [1.29, 1.82) is 0 Å². The molecular weight excluding hydrogens is 268 g/mol. The van der Waals surface area contributed by atoms with E-state index in [4.69, 9.17) is 13.9 Å². The molecule has 0 N–H and O–H groups in total. The van der Waals surface area contributed by atoms with Gasteiger partial charge in [0.25, 0.3) is 0 Å². The zero-order valence-corrected chi connectivity index (χ0v) is 15.1. The first-order valence-corrected chi connectivity index (χ1v) is 11.1. The topological polar surface area (TPSA) is 27.7 Å². The lowest BCUT2D eigenvalue weighted by molar-refractivity contribution is -0.111. The summed E-state index contributed by atoms with van der Waals surface area (Å²) in [7, 11) is 1.81. The summed E-state index contributed by atoms with van der Waals surface area (Å²) >= 11 is 0. The lowest BCUT2D eigenvalue weighted by atomic mass is 9.82. The maximum atomic E-state index is 6.62. The Kier molecular flexibility index (Phi) is 6.45. The molecule has 0 heterocycles. The van der Waals surface area contributed by atoms with Gasteiger partial charge in [-0.3, -0.25) is 0 Å². The van der Waals surface area contributed by atoms with Gasteiger partial charge in [-0.1, -0.05) is 6.58 Å². The Labute approximate surface area is 125 Å². The van der Waals surface area contributed by atoms with Crippen LogP contribution in [0.25, 0.3) is 0 Å². The van der Waals surface area contributed by atoms with Crippen LogP contribution < -0.4 is 0 Å². The maximum absolute atomic E-state index is 6.62. The van der Waals surface area contributed by atoms with Gasteiger partial charge in [-0.25, -0.2) is 0 Å². The lowest BCUT2D eigenvalue weighted by Gasteiger charge is -2.42. The van der Waals surface area contributed by atoms with Gasteiger partial charge in [0.1, 0.15) is 0 Å². The summed E-state index contributed by atoms with van der Waals surface area (Å²) in [6.07, 6.45) is 5.45. The van der Waals surface area contributed by atoms with Crippen molar-refractivity contribution in [2.45, 2.75) is 70.6 Å². The molecule has 0 saturated heterocycles. The van der Waals surface area contributed by atoms with Crippen molar-refractivity contribution in [3.8, 4) is 0 Å². The van der Waals surface area contributed by atoms with Gasteiger partial charge in [0, 0.05) is 14.2 Å². The number of ether oxygens (including phenoxy) is 2. The van der Waals surface area contributed by atoms with Crippen LogP contribution in [0.2, 0.25) is 19.6 Å². The highest BCUT2D eigenvalue weighted by Gasteiger charge is 2.46. The van der Waals surface area contributed by atoms with E-state index in [1.807, 2.05) is 0 Å². The molecule has 0 spiro atoms. The van der Waals surface area contributed by atoms with Crippen molar-refractivity contribution in [3.63, 3.8) is 0 Å². The lowest BCUT2D eigenvalue weighted by Crippen LogP contribution is -2.46. The predicted octanol–water partition coefficient (Wildman–Crippen LogP) is 4.35. The molecule has 0 unspecified atom stereocenters. The van der Waals surface area contributed by atoms with Crippen LogP contribution in [0.15, 0.2) is 12.2 Å². The fourth-order valence-electron chi connectivity index (χ4n) is 3.42. The quantitative estimate of drug-likeness (QED) is 0.379. The monoisotopic (exact) mass is 300 g/mol. The molecule has 0 aliphatic heterocycles. The largest absolute Gasteiger partial charge is 0.408 e. The van der Waals surface area contributed by atoms with Crippen LogP contribution in [-0.2, 0) is 13.9 Å². The Morgan fingerprint density at radius 2 is 1.90 bits per heavy atom. The van der Waals surface area contributed by atoms with Gasteiger partial charge in [0.05, 0.1) is 5.60 Å². The highest BCUT2D eigenvalue weighted by atomic mass is 28.4. The fraction of sp³-hybridized carbons (Fsp3) is 0.875. The molecule has 4 heteroatoms. The van der Waals surface area contributed by atoms with Crippen LogP contribution in [0.3, 0.4) is 0 Å². The minimum absolute atomic E-state index is 0.106. The van der Waals surface area contributed by atoms with Gasteiger partial charge >= 0.3 is 0 Å². The standard InChI is InChI=1S/C16H32O3Si/c1-13(2)16(19-20(5,6)7)12-8-9-14(16)10-11-15(17-3)18-4/h14-15H,1,8-12H2,2-7H3/t14-,16+/m0/s1. The second-order valence-corrected chi connectivity index (χ2v) is 11.4. The molecule has 20 heavy (non-hydrogen) atoms. The fourth-order valence-corrected chi connectivity index (χ4v) is 4.96. The number of rotatable bonds is 8. The van der Waals surface area contributed by atoms with E-state index in [0.29, 0.717) is 5.92 Å². The first kappa shape index (κ1) is 17.9. The molecular formula is C16H32O3Si. The zero-order valence-electron chi connectivity index (χ0n) is 14.1. The molecule has 2 atom stereocenters. The first-order valence-electron chi connectivity index (χ1n) is 7.67. The Morgan fingerprint density at radius 1 is 1.30 bits per heavy atom. The Balaban J connectivity index is 2.79. The highest BCUT2D eigenvalue weighted by Crippen LogP contribution is 2.47. The van der Waals surface area contributed by atoms with Crippen molar-refractivity contribution < 1.29 is 13.9 Å². The molecule has 3 nitrogen and oxygen atoms in total. The number of hydrogen-bond acceptors (Lipinski definition) is 3. The molecule has 1 saturated carbocycles. The van der Waals surface area contributed by atoms with Crippen molar-refractivity contribution in [2.24, 2.45) is 5.92 Å². The average Bonchev–Trinajstić information content (AvgIpc) is 2.72. The average molecular weight is 301 g/mol. The van der Waals surface area contributed by atoms with Gasteiger partial charge in [-0.05, 0) is 70.2 Å². The molecule has 0 aromatic carbocycles. The summed E-state index contributed by atoms with van der Waals surface area (Å²) in [6, 6.07) is 0. The zero-order chi connectivity index (χ0) is 15.4. The predicted molar refractivity (Wildman–Crippen MR) is 86.4 cm³/mol. The summed E-state index contributed by atoms with van der Waals surface area (Å²) in [4.78, 5) is 0. The van der Waals surface area contributed by atoms with Crippen LogP contribution in [-0.4, -0.2) is 34.4 Å². The van der Waals surface area contributed by atoms with Crippen LogP contribution in [0, 0.1) is 5.92 Å². The molecule has 118 valence electrons. The van der Waals surface area contributed by atoms with Gasteiger partial charge < -0.3 is 13.9 Å². The molecule has 0 aromatic rings. The SMILES string of the molecule is C=C(C)[C@]1(O[Si](C)(C)C)CCC[C@H]1CCC(OC)OC. The third-order valence-electron chi connectivity index (χ3n) is 4.25. The second kappa shape index (κ2) is 7.21. The summed E-state index contributed by atoms with van der Waals surface area (Å²) in [5.41, 5.74) is 1.07. The van der Waals surface area contributed by atoms with Crippen LogP contribution in [0.5, 0.6) is 0 Å². The van der Waals surface area contributed by atoms with E-state index in [0.717, 1.165) is 19.3 Å². The van der Waals surface area contributed by atoms with E-state index in [-0.39, 0.29) is 11.9 Å². The number of methoxy groups -OCH3 is 2. The van der Waals surface area contributed by atoms with E-state index >= 15 is 0 Å². The van der Waals surface area contributed by atoms with Gasteiger partial charge in [-0.2, -0.15) is 0 Å². The maximum Gasteiger partial charge on any atom is 0.184 e. The molecule has 0 aromatic heterocycles. The van der Waals surface area contributed by atoms with Gasteiger partial charge in [0.2, 0.25) is 0 Å². The molecule has 0 radical (unpaired) electrons. The van der Waals surface area contributed by atoms with E-state index in [1.54, 1.807) is 14.2 Å². The van der Waals surface area contributed by atoms with Crippen molar-refractivity contribution in [3.05, 3.63) is 12.2 Å². The second-order valence-electron chi connectivity index (χ2n) is 6.95. The number of hydrogen-bond donors (Lipinski definition) is 0. The van der Waals surface area contributed by atoms with Crippen LogP contribution in [0.4, 0.5) is 0 Å². The molecule has 0 amide bonds. The first-order chi connectivity index (χ1) is 9.25. The minimum Gasteiger partial charge on any atom is -0.408 e. The van der Waals surface area contributed by atoms with Gasteiger partial charge in [0.15, 0.2) is 14.6 Å². The molecule has 1 aliphatic rings. The van der Waals surface area contributed by atoms with Crippen LogP contribution >= 0.6 is 0 Å². The molecule has 1 aliphatic carbocycles. The summed E-state index contributed by atoms with van der Waals surface area (Å²) < 4.78 is 17.2. The Hall–Kier alpha value is -0.163.